The van der Waals surface area contributed by atoms with Gasteiger partial charge in [-0.2, -0.15) is 4.98 Å². The molecule has 4 nitrogen and oxygen atoms in total. The largest absolute Gasteiger partial charge is 0.370 e. The summed E-state index contributed by atoms with van der Waals surface area (Å²) in [5.74, 6) is 0.773. The summed E-state index contributed by atoms with van der Waals surface area (Å²) in [6, 6.07) is 0.356. The Balaban J connectivity index is 2.07. The van der Waals surface area contributed by atoms with Crippen LogP contribution in [0.1, 0.15) is 38.2 Å². The van der Waals surface area contributed by atoms with Crippen LogP contribution in [0.3, 0.4) is 0 Å². The summed E-state index contributed by atoms with van der Waals surface area (Å²) in [7, 11) is 0. The van der Waals surface area contributed by atoms with Gasteiger partial charge in [-0.05, 0) is 43.0 Å². The Morgan fingerprint density at radius 2 is 2.11 bits per heavy atom. The molecular formula is C13H16ClN3O. The van der Waals surface area contributed by atoms with Crippen LogP contribution in [-0.4, -0.2) is 27.3 Å². The van der Waals surface area contributed by atoms with E-state index in [-0.39, 0.29) is 5.28 Å². The van der Waals surface area contributed by atoms with Crippen LogP contribution in [0.5, 0.6) is 0 Å². The fraction of sp³-hybridized carbons (Fsp3) is 0.538. The highest BCUT2D eigenvalue weighted by Crippen LogP contribution is 2.37. The molecule has 0 saturated heterocycles. The Morgan fingerprint density at radius 1 is 1.39 bits per heavy atom. The summed E-state index contributed by atoms with van der Waals surface area (Å²) in [5.41, 5.74) is 1.97. The molecule has 0 amide bonds. The highest BCUT2D eigenvalue weighted by atomic mass is 35.5. The fourth-order valence-electron chi connectivity index (χ4n) is 2.92. The zero-order chi connectivity index (χ0) is 12.7. The van der Waals surface area contributed by atoms with E-state index in [1.807, 2.05) is 17.9 Å². The number of nitrogens with zero attached hydrogens (tertiary/aromatic N) is 3. The number of aliphatic hydroxyl groups is 1. The molecule has 96 valence electrons. The van der Waals surface area contributed by atoms with E-state index in [0.717, 1.165) is 29.8 Å². The Kier molecular flexibility index (Phi) is 2.99. The van der Waals surface area contributed by atoms with Crippen LogP contribution in [0.25, 0.3) is 5.57 Å². The highest BCUT2D eigenvalue weighted by molar-refractivity contribution is 6.28. The van der Waals surface area contributed by atoms with Crippen LogP contribution in [-0.2, 0) is 0 Å². The van der Waals surface area contributed by atoms with Gasteiger partial charge in [-0.3, -0.25) is 0 Å². The average molecular weight is 266 g/mol. The zero-order valence-electron chi connectivity index (χ0n) is 10.3. The van der Waals surface area contributed by atoms with Gasteiger partial charge in [0, 0.05) is 17.8 Å². The average Bonchev–Trinajstić information content (AvgIpc) is 2.82. The third kappa shape index (κ3) is 1.89. The predicted molar refractivity (Wildman–Crippen MR) is 71.4 cm³/mol. The number of anilines is 1. The zero-order valence-corrected chi connectivity index (χ0v) is 11.1. The third-order valence-electron chi connectivity index (χ3n) is 3.81. The molecule has 0 radical (unpaired) electrons. The van der Waals surface area contributed by atoms with E-state index < -0.39 is 6.23 Å². The number of aromatic nitrogens is 2. The van der Waals surface area contributed by atoms with Gasteiger partial charge in [-0.15, -0.1) is 0 Å². The van der Waals surface area contributed by atoms with Crippen molar-refractivity contribution in [3.8, 4) is 0 Å². The molecule has 1 atom stereocenters. The summed E-state index contributed by atoms with van der Waals surface area (Å²) < 4.78 is 0. The van der Waals surface area contributed by atoms with Gasteiger partial charge < -0.3 is 10.0 Å². The molecule has 1 unspecified atom stereocenters. The minimum Gasteiger partial charge on any atom is -0.370 e. The second-order valence-corrected chi connectivity index (χ2v) is 5.32. The Hall–Kier alpha value is -1.13. The molecular weight excluding hydrogens is 250 g/mol. The molecule has 3 rings (SSSR count). The summed E-state index contributed by atoms with van der Waals surface area (Å²) in [6.07, 6.45) is 7.62. The minimum absolute atomic E-state index is 0.235. The van der Waals surface area contributed by atoms with Crippen molar-refractivity contribution >= 4 is 23.0 Å². The second-order valence-electron chi connectivity index (χ2n) is 4.99. The fourth-order valence-corrected chi connectivity index (χ4v) is 3.05. The lowest BCUT2D eigenvalue weighted by Crippen LogP contribution is -2.44. The number of hydrogen-bond acceptors (Lipinski definition) is 4. The summed E-state index contributed by atoms with van der Waals surface area (Å²) in [6.45, 7) is 1.96. The standard InChI is InChI=1S/C13H16ClN3O/c1-8-6-11(18)17(9-4-2-3-5-9)12-10(8)7-15-13(14)16-12/h6-7,9,11,18H,2-5H2,1H3. The van der Waals surface area contributed by atoms with Crippen molar-refractivity contribution in [2.75, 3.05) is 4.90 Å². The number of rotatable bonds is 1. The SMILES string of the molecule is CC1=CC(O)N(C2CCCC2)c2nc(Cl)ncc21. The number of allylic oxidation sites excluding steroid dienone is 1. The van der Waals surface area contributed by atoms with Gasteiger partial charge in [0.2, 0.25) is 5.28 Å². The molecule has 0 aromatic carbocycles. The van der Waals surface area contributed by atoms with Gasteiger partial charge >= 0.3 is 0 Å². The number of fused-ring (bicyclic) bond motifs is 1. The lowest BCUT2D eigenvalue weighted by Gasteiger charge is -2.37. The van der Waals surface area contributed by atoms with E-state index in [1.165, 1.54) is 12.8 Å². The lowest BCUT2D eigenvalue weighted by atomic mass is 10.0. The van der Waals surface area contributed by atoms with E-state index >= 15 is 0 Å². The van der Waals surface area contributed by atoms with Crippen molar-refractivity contribution in [2.45, 2.75) is 44.9 Å². The smallest absolute Gasteiger partial charge is 0.224 e. The number of hydrogen-bond donors (Lipinski definition) is 1. The van der Waals surface area contributed by atoms with Crippen LogP contribution in [0, 0.1) is 0 Å². The first-order valence-corrected chi connectivity index (χ1v) is 6.72. The van der Waals surface area contributed by atoms with E-state index in [0.29, 0.717) is 6.04 Å². The quantitative estimate of drug-likeness (QED) is 0.793. The molecule has 1 aliphatic heterocycles. The third-order valence-corrected chi connectivity index (χ3v) is 3.99. The topological polar surface area (TPSA) is 49.2 Å². The summed E-state index contributed by atoms with van der Waals surface area (Å²) >= 11 is 5.89. The van der Waals surface area contributed by atoms with Crippen molar-refractivity contribution in [1.82, 2.24) is 9.97 Å². The van der Waals surface area contributed by atoms with Gasteiger partial charge in [0.15, 0.2) is 0 Å². The van der Waals surface area contributed by atoms with E-state index in [4.69, 9.17) is 11.6 Å². The molecule has 1 aromatic rings. The monoisotopic (exact) mass is 265 g/mol. The molecule has 0 bridgehead atoms. The summed E-state index contributed by atoms with van der Waals surface area (Å²) in [5, 5.41) is 10.5. The maximum Gasteiger partial charge on any atom is 0.224 e. The van der Waals surface area contributed by atoms with Crippen LogP contribution >= 0.6 is 11.6 Å². The van der Waals surface area contributed by atoms with Crippen molar-refractivity contribution in [2.24, 2.45) is 0 Å². The number of aliphatic hydroxyl groups excluding tert-OH is 1. The second kappa shape index (κ2) is 4.52. The van der Waals surface area contributed by atoms with E-state index in [1.54, 1.807) is 6.20 Å². The molecule has 2 heterocycles. The normalized spacial score (nSPS) is 24.1. The first-order valence-electron chi connectivity index (χ1n) is 6.34. The number of halogens is 1. The van der Waals surface area contributed by atoms with E-state index in [2.05, 4.69) is 9.97 Å². The maximum atomic E-state index is 10.3. The minimum atomic E-state index is -0.605. The molecule has 0 spiro atoms. The van der Waals surface area contributed by atoms with Crippen LogP contribution in [0.15, 0.2) is 12.3 Å². The first kappa shape index (κ1) is 11.9. The lowest BCUT2D eigenvalue weighted by molar-refractivity contribution is 0.201. The first-order chi connectivity index (χ1) is 8.66. The molecule has 1 N–H and O–H groups in total. The van der Waals surface area contributed by atoms with Gasteiger partial charge in [-0.1, -0.05) is 12.8 Å². The predicted octanol–water partition coefficient (Wildman–Crippen LogP) is 2.61. The Morgan fingerprint density at radius 3 is 2.83 bits per heavy atom. The molecule has 1 aromatic heterocycles. The molecule has 2 aliphatic rings. The van der Waals surface area contributed by atoms with Crippen LogP contribution in [0.2, 0.25) is 5.28 Å². The molecule has 18 heavy (non-hydrogen) atoms. The molecule has 1 aliphatic carbocycles. The summed E-state index contributed by atoms with van der Waals surface area (Å²) in [4.78, 5) is 10.3. The van der Waals surface area contributed by atoms with Gasteiger partial charge in [0.25, 0.3) is 0 Å². The van der Waals surface area contributed by atoms with Gasteiger partial charge in [0.05, 0.1) is 0 Å². The van der Waals surface area contributed by atoms with Crippen molar-refractivity contribution in [3.05, 3.63) is 23.1 Å². The Labute approximate surface area is 111 Å². The van der Waals surface area contributed by atoms with Crippen LogP contribution < -0.4 is 4.90 Å². The highest BCUT2D eigenvalue weighted by Gasteiger charge is 2.32. The van der Waals surface area contributed by atoms with Crippen molar-refractivity contribution in [1.29, 1.82) is 0 Å². The maximum absolute atomic E-state index is 10.3. The van der Waals surface area contributed by atoms with Gasteiger partial charge in [-0.25, -0.2) is 4.98 Å². The van der Waals surface area contributed by atoms with Gasteiger partial charge in [0.1, 0.15) is 12.0 Å². The molecule has 5 heteroatoms. The van der Waals surface area contributed by atoms with Crippen molar-refractivity contribution < 1.29 is 5.11 Å². The van der Waals surface area contributed by atoms with Crippen molar-refractivity contribution in [3.63, 3.8) is 0 Å². The van der Waals surface area contributed by atoms with E-state index in [9.17, 15) is 5.11 Å². The van der Waals surface area contributed by atoms with Crippen LogP contribution in [0.4, 0.5) is 5.82 Å². The molecule has 1 fully saturated rings. The Bertz CT molecular complexity index is 497. The molecule has 1 saturated carbocycles.